The van der Waals surface area contributed by atoms with Crippen LogP contribution < -0.4 is 25.7 Å². The number of carbonyl (C=O) groups is 2. The van der Waals surface area contributed by atoms with Crippen LogP contribution in [-0.4, -0.2) is 65.2 Å². The highest BCUT2D eigenvalue weighted by Gasteiger charge is 2.55. The van der Waals surface area contributed by atoms with E-state index in [9.17, 15) is 9.59 Å². The van der Waals surface area contributed by atoms with Gasteiger partial charge >= 0.3 is 0 Å². The number of amides is 2. The van der Waals surface area contributed by atoms with Crippen LogP contribution in [0.4, 0.5) is 11.4 Å². The Balaban J connectivity index is 1.57. The number of nitrogens with zero attached hydrogens (tertiary/aromatic N) is 2. The molecule has 4 aliphatic rings. The number of fused-ring (bicyclic) bond motifs is 2. The number of unbranched alkanes of at least 4 members (excludes halogenated alkanes) is 2. The summed E-state index contributed by atoms with van der Waals surface area (Å²) >= 11 is 0. The maximum Gasteiger partial charge on any atom is 0.227 e. The molecule has 2 aliphatic heterocycles. The van der Waals surface area contributed by atoms with Gasteiger partial charge in [-0.05, 0) is 108 Å². The molecule has 9 atom stereocenters. The van der Waals surface area contributed by atoms with Crippen LogP contribution in [0.15, 0.2) is 23.8 Å². The number of carbonyl (C=O) groups excluding carboxylic acids is 2. The number of rotatable bonds is 16. The molecule has 2 amide bonds. The van der Waals surface area contributed by atoms with Crippen LogP contribution in [-0.2, 0) is 15.0 Å². The van der Waals surface area contributed by atoms with Gasteiger partial charge in [-0.3, -0.25) is 14.5 Å². The monoisotopic (exact) mass is 775 g/mol. The molecule has 2 aliphatic carbocycles. The Morgan fingerprint density at radius 1 is 0.821 bits per heavy atom. The maximum atomic E-state index is 15.0. The van der Waals surface area contributed by atoms with Gasteiger partial charge in [0.15, 0.2) is 0 Å². The molecule has 56 heavy (non-hydrogen) atoms. The first-order valence-corrected chi connectivity index (χ1v) is 22.7. The van der Waals surface area contributed by atoms with Gasteiger partial charge in [0.05, 0.1) is 0 Å². The summed E-state index contributed by atoms with van der Waals surface area (Å²) in [7, 11) is 0. The molecule has 1 aromatic carbocycles. The van der Waals surface area contributed by atoms with Crippen LogP contribution in [0.1, 0.15) is 172 Å². The lowest BCUT2D eigenvalue weighted by Gasteiger charge is -2.65. The standard InChI is InChI=1S/C48H78N4O4/c1-15-19-21-31(17-3)45(55)49-37-25-39-35(47(11,12)29(9)51(39)27(5)6)23-33(37)41-43(53)42(44(41)54)34-24-36-40(52(28(7)8)30(10)48(36,13)14)26-38(34)50-46(56)32(18-4)22-20-16-2/h23-25,27-32,34,38,40-44H,15-22,26H2,1-14H3,(H,49,55)(H,50,56)/q-2. The SMILES string of the molecule is CCCCC(CC)C(=O)Nc1cc2c(cc1C1C([O-])C(C3C=C4C(CC3NC(=O)C(CC)CCCC)N(C(C)C)C(C)C4(C)C)C1[O-])C(C)(C)C(C)N2C(C)C. The molecule has 8 nitrogen and oxygen atoms in total. The maximum absolute atomic E-state index is 15.0. The number of anilines is 2. The van der Waals surface area contributed by atoms with Crippen LogP contribution >= 0.6 is 0 Å². The minimum Gasteiger partial charge on any atom is -0.851 e. The van der Waals surface area contributed by atoms with Gasteiger partial charge in [-0.15, -0.1) is 12.2 Å². The van der Waals surface area contributed by atoms with Crippen molar-refractivity contribution in [1.82, 2.24) is 10.2 Å². The molecule has 1 aromatic rings. The molecule has 0 radical (unpaired) electrons. The Kier molecular flexibility index (Phi) is 13.9. The van der Waals surface area contributed by atoms with Gasteiger partial charge in [-0.25, -0.2) is 0 Å². The third-order valence-electron chi connectivity index (χ3n) is 15.4. The quantitative estimate of drug-likeness (QED) is 0.165. The van der Waals surface area contributed by atoms with Crippen molar-refractivity contribution in [3.63, 3.8) is 0 Å². The molecular weight excluding hydrogens is 697 g/mol. The van der Waals surface area contributed by atoms with E-state index in [1.807, 2.05) is 0 Å². The van der Waals surface area contributed by atoms with Crippen molar-refractivity contribution in [1.29, 1.82) is 0 Å². The summed E-state index contributed by atoms with van der Waals surface area (Å²) < 4.78 is 0. The van der Waals surface area contributed by atoms with Gasteiger partial charge in [0, 0.05) is 70.3 Å². The zero-order chi connectivity index (χ0) is 41.6. The number of benzene rings is 1. The van der Waals surface area contributed by atoms with Crippen LogP contribution in [0.3, 0.4) is 0 Å². The third-order valence-corrected chi connectivity index (χ3v) is 15.4. The van der Waals surface area contributed by atoms with Crippen molar-refractivity contribution in [2.45, 2.75) is 215 Å². The normalized spacial score (nSPS) is 31.8. The van der Waals surface area contributed by atoms with E-state index in [0.717, 1.165) is 62.6 Å². The fraction of sp³-hybridized carbons (Fsp3) is 0.792. The van der Waals surface area contributed by atoms with Gasteiger partial charge in [0.1, 0.15) is 0 Å². The zero-order valence-electron chi connectivity index (χ0n) is 37.6. The van der Waals surface area contributed by atoms with Crippen molar-refractivity contribution < 1.29 is 19.8 Å². The first kappa shape index (κ1) is 44.7. The zero-order valence-corrected chi connectivity index (χ0v) is 37.6. The van der Waals surface area contributed by atoms with Gasteiger partial charge in [0.2, 0.25) is 11.8 Å². The van der Waals surface area contributed by atoms with E-state index in [0.29, 0.717) is 23.7 Å². The van der Waals surface area contributed by atoms with E-state index in [-0.39, 0.29) is 70.6 Å². The predicted molar refractivity (Wildman–Crippen MR) is 228 cm³/mol. The van der Waals surface area contributed by atoms with Gasteiger partial charge in [0.25, 0.3) is 0 Å². The lowest BCUT2D eigenvalue weighted by molar-refractivity contribution is -0.553. The largest absolute Gasteiger partial charge is 0.851 e. The average Bonchev–Trinajstić information content (AvgIpc) is 3.45. The van der Waals surface area contributed by atoms with E-state index in [1.54, 1.807) is 0 Å². The van der Waals surface area contributed by atoms with Crippen molar-refractivity contribution in [2.75, 3.05) is 10.2 Å². The summed E-state index contributed by atoms with van der Waals surface area (Å²) in [6.07, 6.45) is 7.83. The summed E-state index contributed by atoms with van der Waals surface area (Å²) in [4.78, 5) is 32.9. The van der Waals surface area contributed by atoms with Gasteiger partial charge < -0.3 is 25.7 Å². The first-order chi connectivity index (χ1) is 26.3. The second kappa shape index (κ2) is 17.4. The molecule has 0 aromatic heterocycles. The van der Waals surface area contributed by atoms with E-state index in [1.165, 1.54) is 5.57 Å². The van der Waals surface area contributed by atoms with Crippen LogP contribution in [0.25, 0.3) is 0 Å². The highest BCUT2D eigenvalue weighted by atomic mass is 16.3. The number of likely N-dealkylation sites (tertiary alicyclic amines) is 1. The van der Waals surface area contributed by atoms with Crippen LogP contribution in [0.5, 0.6) is 0 Å². The van der Waals surface area contributed by atoms with Crippen molar-refractivity contribution in [2.24, 2.45) is 29.1 Å². The summed E-state index contributed by atoms with van der Waals surface area (Å²) in [5.74, 6) is -2.02. The summed E-state index contributed by atoms with van der Waals surface area (Å²) in [6.45, 7) is 31.0. The Labute approximate surface area is 341 Å². The molecule has 5 rings (SSSR count). The molecule has 316 valence electrons. The van der Waals surface area contributed by atoms with Crippen molar-refractivity contribution in [3.05, 3.63) is 34.9 Å². The fourth-order valence-electron chi connectivity index (χ4n) is 11.3. The minimum atomic E-state index is -1.17. The van der Waals surface area contributed by atoms with Crippen LogP contribution in [0, 0.1) is 29.1 Å². The van der Waals surface area contributed by atoms with Crippen LogP contribution in [0.2, 0.25) is 0 Å². The summed E-state index contributed by atoms with van der Waals surface area (Å²) in [6, 6.07) is 5.07. The number of hydrogen-bond acceptors (Lipinski definition) is 6. The lowest BCUT2D eigenvalue weighted by atomic mass is 9.57. The fourth-order valence-corrected chi connectivity index (χ4v) is 11.3. The molecule has 1 saturated carbocycles. The van der Waals surface area contributed by atoms with Crippen molar-refractivity contribution in [3.8, 4) is 0 Å². The average molecular weight is 775 g/mol. The molecule has 9 unspecified atom stereocenters. The Morgan fingerprint density at radius 3 is 1.91 bits per heavy atom. The molecule has 2 N–H and O–H groups in total. The molecule has 2 fully saturated rings. The highest BCUT2D eigenvalue weighted by Crippen LogP contribution is 2.56. The van der Waals surface area contributed by atoms with Crippen molar-refractivity contribution >= 4 is 23.2 Å². The molecule has 2 heterocycles. The Bertz CT molecular complexity index is 1570. The third kappa shape index (κ3) is 7.86. The summed E-state index contributed by atoms with van der Waals surface area (Å²) in [5, 5.41) is 36.8. The van der Waals surface area contributed by atoms with Gasteiger partial charge in [-0.1, -0.05) is 99.1 Å². The molecule has 8 heteroatoms. The first-order valence-electron chi connectivity index (χ1n) is 22.7. The second-order valence-corrected chi connectivity index (χ2v) is 19.9. The number of nitrogens with one attached hydrogen (secondary N) is 2. The predicted octanol–water partition coefficient (Wildman–Crippen LogP) is 8.06. The smallest absolute Gasteiger partial charge is 0.227 e. The summed E-state index contributed by atoms with van der Waals surface area (Å²) in [5.41, 5.74) is 4.48. The van der Waals surface area contributed by atoms with E-state index in [4.69, 9.17) is 0 Å². The van der Waals surface area contributed by atoms with Gasteiger partial charge in [-0.2, -0.15) is 0 Å². The van der Waals surface area contributed by atoms with E-state index < -0.39 is 24.0 Å². The molecular formula is C48H78N4O4-2. The Hall–Kier alpha value is -2.42. The topological polar surface area (TPSA) is 111 Å². The Morgan fingerprint density at radius 2 is 1.39 bits per heavy atom. The second-order valence-electron chi connectivity index (χ2n) is 19.9. The van der Waals surface area contributed by atoms with E-state index in [2.05, 4.69) is 136 Å². The molecule has 0 bridgehead atoms. The molecule has 0 spiro atoms. The highest BCUT2D eigenvalue weighted by molar-refractivity contribution is 5.94. The minimum absolute atomic E-state index is 0.0315. The van der Waals surface area contributed by atoms with E-state index >= 15 is 10.2 Å². The number of hydrogen-bond donors (Lipinski definition) is 2. The molecule has 1 saturated heterocycles. The lowest BCUT2D eigenvalue weighted by Crippen LogP contribution is -2.70.